The number of hydrogen-bond acceptors (Lipinski definition) is 6. The summed E-state index contributed by atoms with van der Waals surface area (Å²) in [6, 6.07) is -1.34. The summed E-state index contributed by atoms with van der Waals surface area (Å²) in [5.41, 5.74) is 10.6. The van der Waals surface area contributed by atoms with Gasteiger partial charge in [-0.3, -0.25) is 4.79 Å². The highest BCUT2D eigenvalue weighted by Gasteiger charge is 2.43. The topological polar surface area (TPSA) is 125 Å². The van der Waals surface area contributed by atoms with E-state index in [1.54, 1.807) is 0 Å². The van der Waals surface area contributed by atoms with E-state index in [2.05, 4.69) is 10.1 Å². The van der Waals surface area contributed by atoms with Crippen LogP contribution in [-0.4, -0.2) is 43.2 Å². The van der Waals surface area contributed by atoms with Gasteiger partial charge in [0, 0.05) is 6.42 Å². The summed E-state index contributed by atoms with van der Waals surface area (Å²) in [5, 5.41) is 2.27. The van der Waals surface area contributed by atoms with Gasteiger partial charge in [0.25, 0.3) is 0 Å². The third-order valence-corrected chi connectivity index (χ3v) is 2.85. The molecule has 0 unspecified atom stereocenters. The molecule has 0 saturated carbocycles. The Hall–Kier alpha value is -1.68. The first-order chi connectivity index (χ1) is 10.7. The second-order valence-corrected chi connectivity index (χ2v) is 4.86. The van der Waals surface area contributed by atoms with Crippen molar-refractivity contribution in [1.82, 2.24) is 5.32 Å². The average molecular weight is 341 g/mol. The molecule has 0 aromatic heterocycles. The quantitative estimate of drug-likeness (QED) is 0.299. The second kappa shape index (κ2) is 10.9. The number of nitrogens with one attached hydrogen (secondary N) is 1. The normalized spacial score (nSPS) is 12.6. The average Bonchev–Trinajstić information content (AvgIpc) is 2.46. The summed E-state index contributed by atoms with van der Waals surface area (Å²) in [6.07, 6.45) is -2.94. The van der Waals surface area contributed by atoms with Gasteiger partial charge in [-0.05, 0) is 38.8 Å². The van der Waals surface area contributed by atoms with E-state index >= 15 is 0 Å². The molecule has 0 aromatic rings. The van der Waals surface area contributed by atoms with Crippen LogP contribution in [0.15, 0.2) is 0 Å². The smallest absolute Gasteiger partial charge is 0.385 e. The van der Waals surface area contributed by atoms with Crippen molar-refractivity contribution in [2.24, 2.45) is 11.5 Å². The number of halogens is 3. The Balaban J connectivity index is 4.52. The van der Waals surface area contributed by atoms with Crippen molar-refractivity contribution in [3.05, 3.63) is 0 Å². The summed E-state index contributed by atoms with van der Waals surface area (Å²) in [7, 11) is 0. The number of rotatable bonds is 10. The van der Waals surface area contributed by atoms with Crippen LogP contribution in [-0.2, 0) is 19.1 Å². The fraction of sp³-hybridized carbons (Fsp3) is 0.769. The van der Waals surface area contributed by atoms with Crippen molar-refractivity contribution in [3.63, 3.8) is 0 Å². The highest BCUT2D eigenvalue weighted by atomic mass is 19.4. The molecule has 134 valence electrons. The number of esters is 2. The monoisotopic (exact) mass is 341 g/mol. The van der Waals surface area contributed by atoms with Gasteiger partial charge < -0.3 is 21.5 Å². The molecule has 0 aliphatic heterocycles. The lowest BCUT2D eigenvalue weighted by Crippen LogP contribution is -2.44. The van der Waals surface area contributed by atoms with Crippen LogP contribution in [0.1, 0.15) is 38.5 Å². The lowest BCUT2D eigenvalue weighted by molar-refractivity contribution is -0.202. The van der Waals surface area contributed by atoms with E-state index < -0.39 is 30.1 Å². The number of carbonyl (C=O) groups is 3. The number of carbonyl (C=O) groups excluding carboxylic acids is 3. The zero-order valence-corrected chi connectivity index (χ0v) is 12.7. The minimum Gasteiger partial charge on any atom is -0.385 e. The minimum atomic E-state index is -5.28. The predicted octanol–water partition coefficient (Wildman–Crippen LogP) is 0.361. The Morgan fingerprint density at radius 1 is 1.00 bits per heavy atom. The SMILES string of the molecule is NCCCCCC(=O)N[C@@H](CCCN)C(=O)OC(=O)C(F)(F)F. The summed E-state index contributed by atoms with van der Waals surface area (Å²) < 4.78 is 40.0. The minimum absolute atomic E-state index is 0.0188. The number of ether oxygens (including phenoxy) is 1. The zero-order valence-electron chi connectivity index (χ0n) is 12.7. The van der Waals surface area contributed by atoms with Gasteiger partial charge in [-0.15, -0.1) is 0 Å². The van der Waals surface area contributed by atoms with E-state index in [1.807, 2.05) is 0 Å². The summed E-state index contributed by atoms with van der Waals surface area (Å²) >= 11 is 0. The molecule has 0 aliphatic rings. The summed E-state index contributed by atoms with van der Waals surface area (Å²) in [4.78, 5) is 33.9. The molecular formula is C13H22F3N3O4. The molecular weight excluding hydrogens is 319 g/mol. The first-order valence-electron chi connectivity index (χ1n) is 7.24. The van der Waals surface area contributed by atoms with Crippen LogP contribution in [0.25, 0.3) is 0 Å². The maximum atomic E-state index is 12.1. The van der Waals surface area contributed by atoms with Gasteiger partial charge in [-0.1, -0.05) is 6.42 Å². The van der Waals surface area contributed by atoms with Crippen molar-refractivity contribution < 1.29 is 32.3 Å². The van der Waals surface area contributed by atoms with E-state index in [-0.39, 0.29) is 25.8 Å². The number of hydrogen-bond donors (Lipinski definition) is 3. The van der Waals surface area contributed by atoms with E-state index in [0.717, 1.165) is 6.42 Å². The predicted molar refractivity (Wildman–Crippen MR) is 74.9 cm³/mol. The van der Waals surface area contributed by atoms with Crippen molar-refractivity contribution in [2.45, 2.75) is 50.7 Å². The van der Waals surface area contributed by atoms with Crippen LogP contribution in [0.4, 0.5) is 13.2 Å². The van der Waals surface area contributed by atoms with E-state index in [0.29, 0.717) is 19.4 Å². The van der Waals surface area contributed by atoms with Crippen LogP contribution in [0.5, 0.6) is 0 Å². The van der Waals surface area contributed by atoms with Gasteiger partial charge in [-0.25, -0.2) is 9.59 Å². The molecule has 0 bridgehead atoms. The van der Waals surface area contributed by atoms with Crippen LogP contribution in [0, 0.1) is 0 Å². The van der Waals surface area contributed by atoms with Gasteiger partial charge in [0.1, 0.15) is 6.04 Å². The molecule has 1 amide bonds. The molecule has 1 atom stereocenters. The van der Waals surface area contributed by atoms with Gasteiger partial charge in [0.15, 0.2) is 0 Å². The van der Waals surface area contributed by atoms with Crippen LogP contribution < -0.4 is 16.8 Å². The highest BCUT2D eigenvalue weighted by Crippen LogP contribution is 2.17. The van der Waals surface area contributed by atoms with Crippen molar-refractivity contribution >= 4 is 17.8 Å². The molecule has 0 rings (SSSR count). The maximum Gasteiger partial charge on any atom is 0.491 e. The summed E-state index contributed by atoms with van der Waals surface area (Å²) in [6.45, 7) is 0.663. The molecule has 10 heteroatoms. The first-order valence-corrected chi connectivity index (χ1v) is 7.24. The number of amides is 1. The Morgan fingerprint density at radius 2 is 1.61 bits per heavy atom. The third kappa shape index (κ3) is 9.84. The first kappa shape index (κ1) is 21.3. The molecule has 0 aliphatic carbocycles. The lowest BCUT2D eigenvalue weighted by atomic mass is 10.1. The molecule has 0 fully saturated rings. The molecule has 0 saturated heterocycles. The Labute approximate surface area is 131 Å². The van der Waals surface area contributed by atoms with E-state index in [4.69, 9.17) is 11.5 Å². The molecule has 0 aromatic carbocycles. The number of unbranched alkanes of at least 4 members (excludes halogenated alkanes) is 2. The fourth-order valence-corrected chi connectivity index (χ4v) is 1.66. The Kier molecular flexibility index (Phi) is 10.1. The molecule has 5 N–H and O–H groups in total. The summed E-state index contributed by atoms with van der Waals surface area (Å²) in [5.74, 6) is -4.58. The van der Waals surface area contributed by atoms with Crippen LogP contribution >= 0.6 is 0 Å². The van der Waals surface area contributed by atoms with Gasteiger partial charge in [0.2, 0.25) is 5.91 Å². The van der Waals surface area contributed by atoms with Crippen molar-refractivity contribution in [1.29, 1.82) is 0 Å². The van der Waals surface area contributed by atoms with Crippen LogP contribution in [0.3, 0.4) is 0 Å². The highest BCUT2D eigenvalue weighted by molar-refractivity contribution is 5.92. The van der Waals surface area contributed by atoms with Gasteiger partial charge in [0.05, 0.1) is 0 Å². The number of alkyl halides is 3. The molecule has 0 heterocycles. The fourth-order valence-electron chi connectivity index (χ4n) is 1.66. The van der Waals surface area contributed by atoms with Crippen LogP contribution in [0.2, 0.25) is 0 Å². The lowest BCUT2D eigenvalue weighted by Gasteiger charge is -2.17. The Bertz CT molecular complexity index is 402. The van der Waals surface area contributed by atoms with Crippen molar-refractivity contribution in [3.8, 4) is 0 Å². The number of nitrogens with two attached hydrogens (primary N) is 2. The molecule has 7 nitrogen and oxygen atoms in total. The molecule has 0 spiro atoms. The van der Waals surface area contributed by atoms with Gasteiger partial charge in [-0.2, -0.15) is 13.2 Å². The molecule has 23 heavy (non-hydrogen) atoms. The van der Waals surface area contributed by atoms with E-state index in [1.165, 1.54) is 0 Å². The Morgan fingerprint density at radius 3 is 2.13 bits per heavy atom. The van der Waals surface area contributed by atoms with E-state index in [9.17, 15) is 27.6 Å². The van der Waals surface area contributed by atoms with Gasteiger partial charge >= 0.3 is 18.1 Å². The largest absolute Gasteiger partial charge is 0.491 e. The maximum absolute atomic E-state index is 12.1. The third-order valence-electron chi connectivity index (χ3n) is 2.85. The second-order valence-electron chi connectivity index (χ2n) is 4.86. The standard InChI is InChI=1S/C13H22F3N3O4/c14-13(15,16)12(22)23-11(21)9(5-4-8-18)19-10(20)6-2-1-3-7-17/h9H,1-8,17-18H2,(H,19,20)/t9-/m0/s1. The van der Waals surface area contributed by atoms with Crippen molar-refractivity contribution in [2.75, 3.05) is 13.1 Å². The zero-order chi connectivity index (χ0) is 17.9. The molecule has 0 radical (unpaired) electrons.